The van der Waals surface area contributed by atoms with Gasteiger partial charge >= 0.3 is 6.03 Å². The van der Waals surface area contributed by atoms with Crippen LogP contribution >= 0.6 is 0 Å². The Labute approximate surface area is 144 Å². The van der Waals surface area contributed by atoms with Gasteiger partial charge in [-0.3, -0.25) is 4.79 Å². The maximum atomic E-state index is 12.1. The van der Waals surface area contributed by atoms with Crippen LogP contribution in [0.15, 0.2) is 30.3 Å². The lowest BCUT2D eigenvalue weighted by Crippen LogP contribution is -2.43. The number of hydrogen-bond donors (Lipinski definition) is 2. The first-order valence-corrected chi connectivity index (χ1v) is 9.10. The average Bonchev–Trinajstić information content (AvgIpc) is 2.62. The van der Waals surface area contributed by atoms with Crippen LogP contribution in [0, 0.1) is 0 Å². The number of carbonyl (C=O) groups is 2. The molecule has 1 fully saturated rings. The van der Waals surface area contributed by atoms with E-state index in [-0.39, 0.29) is 11.9 Å². The molecule has 5 heteroatoms. The minimum atomic E-state index is -0.0880. The third-order valence-electron chi connectivity index (χ3n) is 4.46. The monoisotopic (exact) mass is 331 g/mol. The van der Waals surface area contributed by atoms with Gasteiger partial charge in [-0.2, -0.15) is 0 Å². The SMILES string of the molecule is CCC(=O)N(CCCNC(=O)NC1CCCCC1)c1ccccc1. The second kappa shape index (κ2) is 9.96. The molecule has 0 saturated heterocycles. The van der Waals surface area contributed by atoms with Gasteiger partial charge in [0.25, 0.3) is 0 Å². The van der Waals surface area contributed by atoms with Crippen molar-refractivity contribution < 1.29 is 9.59 Å². The van der Waals surface area contributed by atoms with Gasteiger partial charge in [0.15, 0.2) is 0 Å². The number of amides is 3. The van der Waals surface area contributed by atoms with E-state index in [4.69, 9.17) is 0 Å². The van der Waals surface area contributed by atoms with Gasteiger partial charge in [0.05, 0.1) is 0 Å². The van der Waals surface area contributed by atoms with Crippen molar-refractivity contribution in [1.82, 2.24) is 10.6 Å². The molecule has 0 unspecified atom stereocenters. The first-order chi connectivity index (χ1) is 11.7. The normalized spacial score (nSPS) is 14.9. The molecule has 1 aliphatic rings. The highest BCUT2D eigenvalue weighted by atomic mass is 16.2. The zero-order valence-corrected chi connectivity index (χ0v) is 14.6. The van der Waals surface area contributed by atoms with E-state index in [0.29, 0.717) is 25.6 Å². The molecular weight excluding hydrogens is 302 g/mol. The molecule has 1 saturated carbocycles. The number of nitrogens with zero attached hydrogens (tertiary/aromatic N) is 1. The van der Waals surface area contributed by atoms with E-state index >= 15 is 0 Å². The summed E-state index contributed by atoms with van der Waals surface area (Å²) < 4.78 is 0. The quantitative estimate of drug-likeness (QED) is 0.752. The molecule has 132 valence electrons. The molecule has 0 aromatic heterocycles. The van der Waals surface area contributed by atoms with E-state index in [1.807, 2.05) is 37.3 Å². The van der Waals surface area contributed by atoms with Gasteiger partial charge in [-0.25, -0.2) is 4.79 Å². The van der Waals surface area contributed by atoms with Gasteiger partial charge in [0.1, 0.15) is 0 Å². The number of hydrogen-bond acceptors (Lipinski definition) is 2. The van der Waals surface area contributed by atoms with Gasteiger partial charge in [-0.15, -0.1) is 0 Å². The minimum Gasteiger partial charge on any atom is -0.338 e. The number of benzene rings is 1. The van der Waals surface area contributed by atoms with E-state index in [1.165, 1.54) is 19.3 Å². The van der Waals surface area contributed by atoms with Crippen molar-refractivity contribution in [3.8, 4) is 0 Å². The molecule has 0 aliphatic heterocycles. The Morgan fingerprint density at radius 2 is 1.83 bits per heavy atom. The summed E-state index contributed by atoms with van der Waals surface area (Å²) in [5.41, 5.74) is 0.913. The Morgan fingerprint density at radius 3 is 2.50 bits per heavy atom. The fourth-order valence-electron chi connectivity index (χ4n) is 3.12. The van der Waals surface area contributed by atoms with Crippen molar-refractivity contribution >= 4 is 17.6 Å². The molecule has 0 bridgehead atoms. The zero-order chi connectivity index (χ0) is 17.2. The minimum absolute atomic E-state index is 0.0880. The summed E-state index contributed by atoms with van der Waals surface area (Å²) in [6.45, 7) is 3.05. The predicted octanol–water partition coefficient (Wildman–Crippen LogP) is 3.45. The molecular formula is C19H29N3O2. The lowest BCUT2D eigenvalue weighted by atomic mass is 9.96. The number of carbonyl (C=O) groups excluding carboxylic acids is 2. The first-order valence-electron chi connectivity index (χ1n) is 9.10. The van der Waals surface area contributed by atoms with Crippen molar-refractivity contribution in [3.63, 3.8) is 0 Å². The molecule has 3 amide bonds. The highest BCUT2D eigenvalue weighted by molar-refractivity contribution is 5.93. The van der Waals surface area contributed by atoms with Crippen molar-refractivity contribution in [2.75, 3.05) is 18.0 Å². The molecule has 24 heavy (non-hydrogen) atoms. The smallest absolute Gasteiger partial charge is 0.315 e. The van der Waals surface area contributed by atoms with E-state index in [1.54, 1.807) is 4.90 Å². The summed E-state index contributed by atoms with van der Waals surface area (Å²) in [6.07, 6.45) is 7.07. The number of anilines is 1. The van der Waals surface area contributed by atoms with E-state index in [0.717, 1.165) is 24.9 Å². The van der Waals surface area contributed by atoms with Crippen LogP contribution in [0.5, 0.6) is 0 Å². The molecule has 2 N–H and O–H groups in total. The largest absolute Gasteiger partial charge is 0.338 e. The Kier molecular flexibility index (Phi) is 7.59. The van der Waals surface area contributed by atoms with Crippen LogP contribution in [-0.2, 0) is 4.79 Å². The third kappa shape index (κ3) is 5.87. The molecule has 1 aliphatic carbocycles. The van der Waals surface area contributed by atoms with Crippen LogP contribution in [0.2, 0.25) is 0 Å². The molecule has 1 aromatic rings. The van der Waals surface area contributed by atoms with Crippen molar-refractivity contribution in [3.05, 3.63) is 30.3 Å². The highest BCUT2D eigenvalue weighted by Crippen LogP contribution is 2.17. The lowest BCUT2D eigenvalue weighted by Gasteiger charge is -2.24. The summed E-state index contributed by atoms with van der Waals surface area (Å²) in [7, 11) is 0. The van der Waals surface area contributed by atoms with Crippen molar-refractivity contribution in [2.24, 2.45) is 0 Å². The molecule has 1 aromatic carbocycles. The molecule has 2 rings (SSSR count). The van der Waals surface area contributed by atoms with Gasteiger partial charge in [0.2, 0.25) is 5.91 Å². The Balaban J connectivity index is 1.72. The molecule has 0 atom stereocenters. The number of rotatable bonds is 7. The van der Waals surface area contributed by atoms with Crippen LogP contribution in [0.3, 0.4) is 0 Å². The van der Waals surface area contributed by atoms with Gasteiger partial charge in [-0.1, -0.05) is 44.4 Å². The number of para-hydroxylation sites is 1. The molecule has 0 radical (unpaired) electrons. The van der Waals surface area contributed by atoms with Gasteiger partial charge < -0.3 is 15.5 Å². The van der Waals surface area contributed by atoms with Gasteiger partial charge in [0, 0.05) is 31.2 Å². The summed E-state index contributed by atoms with van der Waals surface area (Å²) in [6, 6.07) is 9.92. The summed E-state index contributed by atoms with van der Waals surface area (Å²) in [5, 5.41) is 5.95. The predicted molar refractivity (Wildman–Crippen MR) is 97.1 cm³/mol. The number of urea groups is 1. The fraction of sp³-hybridized carbons (Fsp3) is 0.579. The lowest BCUT2D eigenvalue weighted by molar-refractivity contribution is -0.118. The topological polar surface area (TPSA) is 61.4 Å². The standard InChI is InChI=1S/C19H29N3O2/c1-2-18(23)22(17-12-7-4-8-13-17)15-9-14-20-19(24)21-16-10-5-3-6-11-16/h4,7-8,12-13,16H,2-3,5-6,9-11,14-15H2,1H3,(H2,20,21,24). The fourth-order valence-corrected chi connectivity index (χ4v) is 3.12. The average molecular weight is 331 g/mol. The summed E-state index contributed by atoms with van der Waals surface area (Å²) in [4.78, 5) is 25.8. The molecule has 0 spiro atoms. The molecule has 5 nitrogen and oxygen atoms in total. The maximum Gasteiger partial charge on any atom is 0.315 e. The first kappa shape index (κ1) is 18.3. The molecule has 0 heterocycles. The maximum absolute atomic E-state index is 12.1. The van der Waals surface area contributed by atoms with E-state index in [2.05, 4.69) is 10.6 Å². The number of nitrogens with one attached hydrogen (secondary N) is 2. The van der Waals surface area contributed by atoms with Crippen LogP contribution in [0.1, 0.15) is 51.9 Å². The van der Waals surface area contributed by atoms with Crippen LogP contribution in [0.25, 0.3) is 0 Å². The summed E-state index contributed by atoms with van der Waals surface area (Å²) in [5.74, 6) is 0.104. The van der Waals surface area contributed by atoms with Crippen LogP contribution in [0.4, 0.5) is 10.5 Å². The Hall–Kier alpha value is -2.04. The third-order valence-corrected chi connectivity index (χ3v) is 4.46. The van der Waals surface area contributed by atoms with Gasteiger partial charge in [-0.05, 0) is 31.4 Å². The van der Waals surface area contributed by atoms with Crippen molar-refractivity contribution in [1.29, 1.82) is 0 Å². The van der Waals surface area contributed by atoms with Crippen LogP contribution in [-0.4, -0.2) is 31.1 Å². The zero-order valence-electron chi connectivity index (χ0n) is 14.6. The van der Waals surface area contributed by atoms with E-state index < -0.39 is 0 Å². The second-order valence-electron chi connectivity index (χ2n) is 6.32. The van der Waals surface area contributed by atoms with Crippen LogP contribution < -0.4 is 15.5 Å². The van der Waals surface area contributed by atoms with E-state index in [9.17, 15) is 9.59 Å². The Bertz CT molecular complexity index is 513. The Morgan fingerprint density at radius 1 is 1.12 bits per heavy atom. The summed E-state index contributed by atoms with van der Waals surface area (Å²) >= 11 is 0. The second-order valence-corrected chi connectivity index (χ2v) is 6.32. The highest BCUT2D eigenvalue weighted by Gasteiger charge is 2.16. The van der Waals surface area contributed by atoms with Crippen molar-refractivity contribution in [2.45, 2.75) is 57.9 Å².